The van der Waals surface area contributed by atoms with Crippen LogP contribution in [0.15, 0.2) is 30.3 Å². The van der Waals surface area contributed by atoms with Crippen molar-refractivity contribution in [2.45, 2.75) is 64.4 Å². The van der Waals surface area contributed by atoms with Crippen molar-refractivity contribution in [2.75, 3.05) is 6.54 Å². The molecular weight excluding hydrogens is 262 g/mol. The van der Waals surface area contributed by atoms with Crippen LogP contribution < -0.4 is 5.73 Å². The molecule has 21 heavy (non-hydrogen) atoms. The van der Waals surface area contributed by atoms with Gasteiger partial charge in [0.05, 0.1) is 6.54 Å². The summed E-state index contributed by atoms with van der Waals surface area (Å²) in [6, 6.07) is 9.83. The Hall–Kier alpha value is -1.35. The van der Waals surface area contributed by atoms with Crippen LogP contribution >= 0.6 is 0 Å². The number of benzene rings is 1. The number of hydrogen-bond acceptors (Lipinski definition) is 2. The topological polar surface area (TPSA) is 53.9 Å². The van der Waals surface area contributed by atoms with Gasteiger partial charge >= 0.3 is 5.97 Å². The van der Waals surface area contributed by atoms with Gasteiger partial charge in [-0.3, -0.25) is 4.79 Å². The second-order valence-corrected chi connectivity index (χ2v) is 5.58. The molecule has 0 aliphatic heterocycles. The highest BCUT2D eigenvalue weighted by Crippen LogP contribution is 2.10. The Kier molecular flexibility index (Phi) is 10.4. The SMILES string of the molecule is [NH3+]CCCCCCCCCCC(=O)OCc1ccccc1. The molecular formula is C18H30NO2+. The van der Waals surface area contributed by atoms with Crippen LogP contribution in [0.3, 0.4) is 0 Å². The summed E-state index contributed by atoms with van der Waals surface area (Å²) in [6.45, 7) is 1.46. The lowest BCUT2D eigenvalue weighted by atomic mass is 10.1. The number of esters is 1. The Morgan fingerprint density at radius 3 is 2.05 bits per heavy atom. The summed E-state index contributed by atoms with van der Waals surface area (Å²) in [5.41, 5.74) is 4.90. The van der Waals surface area contributed by atoms with Crippen molar-refractivity contribution in [3.8, 4) is 0 Å². The fraction of sp³-hybridized carbons (Fsp3) is 0.611. The molecule has 0 spiro atoms. The zero-order valence-corrected chi connectivity index (χ0v) is 13.2. The predicted molar refractivity (Wildman–Crippen MR) is 85.5 cm³/mol. The monoisotopic (exact) mass is 292 g/mol. The minimum Gasteiger partial charge on any atom is -0.461 e. The van der Waals surface area contributed by atoms with Gasteiger partial charge in [0.15, 0.2) is 0 Å². The first kappa shape index (κ1) is 17.7. The van der Waals surface area contributed by atoms with Crippen molar-refractivity contribution >= 4 is 5.97 Å². The fourth-order valence-electron chi connectivity index (χ4n) is 2.32. The molecule has 0 unspecified atom stereocenters. The molecule has 118 valence electrons. The molecule has 0 radical (unpaired) electrons. The van der Waals surface area contributed by atoms with Crippen molar-refractivity contribution in [2.24, 2.45) is 0 Å². The lowest BCUT2D eigenvalue weighted by Gasteiger charge is -2.05. The molecule has 3 heteroatoms. The number of unbranched alkanes of at least 4 members (excludes halogenated alkanes) is 7. The highest BCUT2D eigenvalue weighted by Gasteiger charge is 2.03. The van der Waals surface area contributed by atoms with E-state index in [-0.39, 0.29) is 5.97 Å². The lowest BCUT2D eigenvalue weighted by molar-refractivity contribution is -0.368. The van der Waals surface area contributed by atoms with Gasteiger partial charge in [-0.1, -0.05) is 62.4 Å². The first-order chi connectivity index (χ1) is 10.3. The standard InChI is InChI=1S/C18H29NO2/c19-15-11-6-4-2-1-3-5-10-14-18(20)21-16-17-12-8-7-9-13-17/h7-9,12-13H,1-6,10-11,14-16,19H2/p+1. The highest BCUT2D eigenvalue weighted by atomic mass is 16.5. The Bertz CT molecular complexity index is 365. The van der Waals surface area contributed by atoms with Crippen LogP contribution in [0.2, 0.25) is 0 Å². The molecule has 0 heterocycles. The summed E-state index contributed by atoms with van der Waals surface area (Å²) in [7, 11) is 0. The van der Waals surface area contributed by atoms with Crippen LogP contribution in [0, 0.1) is 0 Å². The summed E-state index contributed by atoms with van der Waals surface area (Å²) in [6.07, 6.45) is 10.4. The van der Waals surface area contributed by atoms with E-state index in [0.717, 1.165) is 24.9 Å². The molecule has 0 aromatic heterocycles. The predicted octanol–water partition coefficient (Wildman–Crippen LogP) is 3.48. The number of quaternary nitrogens is 1. The molecule has 1 aromatic carbocycles. The maximum absolute atomic E-state index is 11.6. The molecule has 1 aromatic rings. The van der Waals surface area contributed by atoms with Crippen LogP contribution in [0.4, 0.5) is 0 Å². The van der Waals surface area contributed by atoms with Gasteiger partial charge in [0.25, 0.3) is 0 Å². The smallest absolute Gasteiger partial charge is 0.306 e. The average molecular weight is 292 g/mol. The van der Waals surface area contributed by atoms with E-state index in [1.807, 2.05) is 30.3 Å². The van der Waals surface area contributed by atoms with Gasteiger partial charge in [0.1, 0.15) is 6.61 Å². The van der Waals surface area contributed by atoms with Gasteiger partial charge in [0.2, 0.25) is 0 Å². The van der Waals surface area contributed by atoms with E-state index in [9.17, 15) is 4.79 Å². The van der Waals surface area contributed by atoms with Crippen molar-refractivity contribution in [3.05, 3.63) is 35.9 Å². The third kappa shape index (κ3) is 10.1. The summed E-state index contributed by atoms with van der Waals surface area (Å²) in [5.74, 6) is -0.0747. The van der Waals surface area contributed by atoms with E-state index >= 15 is 0 Å². The largest absolute Gasteiger partial charge is 0.461 e. The molecule has 3 nitrogen and oxygen atoms in total. The van der Waals surface area contributed by atoms with Crippen molar-refractivity contribution in [1.29, 1.82) is 0 Å². The molecule has 1 rings (SSSR count). The molecule has 0 aliphatic carbocycles. The number of hydrogen-bond donors (Lipinski definition) is 1. The summed E-state index contributed by atoms with van der Waals surface area (Å²) in [5, 5.41) is 0. The number of rotatable bonds is 12. The van der Waals surface area contributed by atoms with Crippen LogP contribution in [-0.2, 0) is 16.1 Å². The maximum Gasteiger partial charge on any atom is 0.306 e. The molecule has 0 bridgehead atoms. The summed E-state index contributed by atoms with van der Waals surface area (Å²) >= 11 is 0. The van der Waals surface area contributed by atoms with E-state index in [2.05, 4.69) is 5.73 Å². The van der Waals surface area contributed by atoms with Gasteiger partial charge in [-0.2, -0.15) is 0 Å². The molecule has 0 aliphatic rings. The van der Waals surface area contributed by atoms with Crippen LogP contribution in [0.1, 0.15) is 63.4 Å². The zero-order valence-electron chi connectivity index (χ0n) is 13.2. The van der Waals surface area contributed by atoms with Crippen molar-refractivity contribution in [1.82, 2.24) is 0 Å². The number of carbonyl (C=O) groups is 1. The van der Waals surface area contributed by atoms with Crippen molar-refractivity contribution in [3.63, 3.8) is 0 Å². The second kappa shape index (κ2) is 12.4. The van der Waals surface area contributed by atoms with Gasteiger partial charge in [0, 0.05) is 6.42 Å². The molecule has 0 saturated carbocycles. The fourth-order valence-corrected chi connectivity index (χ4v) is 2.32. The normalized spacial score (nSPS) is 10.5. The number of carbonyl (C=O) groups excluding carboxylic acids is 1. The average Bonchev–Trinajstić information content (AvgIpc) is 2.52. The second-order valence-electron chi connectivity index (χ2n) is 5.58. The molecule has 0 fully saturated rings. The van der Waals surface area contributed by atoms with Gasteiger partial charge in [-0.25, -0.2) is 0 Å². The molecule has 0 atom stereocenters. The van der Waals surface area contributed by atoms with Crippen LogP contribution in [0.5, 0.6) is 0 Å². The van der Waals surface area contributed by atoms with E-state index in [4.69, 9.17) is 4.74 Å². The van der Waals surface area contributed by atoms with Gasteiger partial charge < -0.3 is 10.5 Å². The molecule has 3 N–H and O–H groups in total. The zero-order chi connectivity index (χ0) is 15.2. The first-order valence-electron chi connectivity index (χ1n) is 8.31. The minimum absolute atomic E-state index is 0.0747. The Morgan fingerprint density at radius 2 is 1.43 bits per heavy atom. The van der Waals surface area contributed by atoms with E-state index in [1.165, 1.54) is 38.5 Å². The van der Waals surface area contributed by atoms with E-state index in [0.29, 0.717) is 13.0 Å². The third-order valence-electron chi connectivity index (χ3n) is 3.62. The summed E-state index contributed by atoms with van der Waals surface area (Å²) in [4.78, 5) is 11.6. The first-order valence-corrected chi connectivity index (χ1v) is 8.31. The van der Waals surface area contributed by atoms with E-state index in [1.54, 1.807) is 0 Å². The lowest BCUT2D eigenvalue weighted by Crippen LogP contribution is -2.50. The minimum atomic E-state index is -0.0747. The van der Waals surface area contributed by atoms with E-state index < -0.39 is 0 Å². The summed E-state index contributed by atoms with van der Waals surface area (Å²) < 4.78 is 5.26. The Labute approximate surface area is 128 Å². The molecule has 0 amide bonds. The Morgan fingerprint density at radius 1 is 0.857 bits per heavy atom. The van der Waals surface area contributed by atoms with Crippen molar-refractivity contribution < 1.29 is 15.3 Å². The third-order valence-corrected chi connectivity index (χ3v) is 3.62. The molecule has 0 saturated heterocycles. The van der Waals surface area contributed by atoms with Crippen LogP contribution in [0.25, 0.3) is 0 Å². The van der Waals surface area contributed by atoms with Gasteiger partial charge in [-0.05, 0) is 24.8 Å². The highest BCUT2D eigenvalue weighted by molar-refractivity contribution is 5.69. The number of ether oxygens (including phenoxy) is 1. The van der Waals surface area contributed by atoms with Crippen LogP contribution in [-0.4, -0.2) is 12.5 Å². The quantitative estimate of drug-likeness (QED) is 0.473. The Balaban J connectivity index is 1.89. The van der Waals surface area contributed by atoms with Gasteiger partial charge in [-0.15, -0.1) is 0 Å². The maximum atomic E-state index is 11.6.